The Hall–Kier alpha value is -4.53. The van der Waals surface area contributed by atoms with E-state index in [4.69, 9.17) is 0 Å². The third-order valence-electron chi connectivity index (χ3n) is 4.59. The molecule has 0 bridgehead atoms. The van der Waals surface area contributed by atoms with Crippen LogP contribution in [0.4, 0.5) is 17.1 Å². The number of aromatic hydroxyl groups is 1. The highest BCUT2D eigenvalue weighted by Gasteiger charge is 2.36. The van der Waals surface area contributed by atoms with Crippen molar-refractivity contribution in [2.45, 2.75) is 0 Å². The number of phenolic OH excluding ortho intramolecular Hbond substituents is 1. The van der Waals surface area contributed by atoms with Crippen LogP contribution in [0.1, 0.15) is 31.1 Å². The second kappa shape index (κ2) is 7.13. The molecule has 9 heteroatoms. The second-order valence-corrected chi connectivity index (χ2v) is 6.48. The number of nitro benzene ring substituents is 1. The Morgan fingerprint density at radius 1 is 0.900 bits per heavy atom. The number of nitrogens with one attached hydrogen (secondary N) is 1. The Labute approximate surface area is 169 Å². The highest BCUT2D eigenvalue weighted by Crippen LogP contribution is 2.31. The molecule has 9 nitrogen and oxygen atoms in total. The first-order valence-electron chi connectivity index (χ1n) is 8.73. The van der Waals surface area contributed by atoms with Crippen molar-refractivity contribution in [1.82, 2.24) is 0 Å². The second-order valence-electron chi connectivity index (χ2n) is 6.48. The first kappa shape index (κ1) is 18.8. The van der Waals surface area contributed by atoms with Gasteiger partial charge in [-0.05, 0) is 54.6 Å². The molecule has 1 aliphatic rings. The minimum absolute atomic E-state index is 0.00611. The van der Waals surface area contributed by atoms with Crippen molar-refractivity contribution in [3.05, 3.63) is 93.5 Å². The number of amides is 3. The maximum atomic E-state index is 12.8. The Kier molecular flexibility index (Phi) is 4.47. The van der Waals surface area contributed by atoms with Gasteiger partial charge in [0.1, 0.15) is 5.75 Å². The van der Waals surface area contributed by atoms with E-state index < -0.39 is 22.6 Å². The zero-order valence-corrected chi connectivity index (χ0v) is 15.2. The van der Waals surface area contributed by atoms with E-state index in [0.29, 0.717) is 11.4 Å². The molecule has 3 amide bonds. The van der Waals surface area contributed by atoms with Crippen molar-refractivity contribution in [3.8, 4) is 5.75 Å². The number of hydrogen-bond acceptors (Lipinski definition) is 6. The van der Waals surface area contributed by atoms with E-state index in [1.807, 2.05) is 0 Å². The first-order valence-corrected chi connectivity index (χ1v) is 8.73. The molecule has 1 aliphatic heterocycles. The van der Waals surface area contributed by atoms with E-state index in [-0.39, 0.29) is 28.1 Å². The van der Waals surface area contributed by atoms with Crippen molar-refractivity contribution >= 4 is 34.8 Å². The van der Waals surface area contributed by atoms with Crippen LogP contribution in [0, 0.1) is 10.1 Å². The van der Waals surface area contributed by atoms with Crippen LogP contribution in [0.3, 0.4) is 0 Å². The number of hydrogen-bond donors (Lipinski definition) is 2. The van der Waals surface area contributed by atoms with Crippen LogP contribution in [-0.2, 0) is 0 Å². The van der Waals surface area contributed by atoms with Gasteiger partial charge in [0.25, 0.3) is 23.4 Å². The van der Waals surface area contributed by atoms with Gasteiger partial charge in [0.15, 0.2) is 0 Å². The van der Waals surface area contributed by atoms with Gasteiger partial charge >= 0.3 is 0 Å². The SMILES string of the molecule is O=C(Nc1ccc2c(c1)C(=O)N(c1ccc(O)cc1)C2=O)c1ccc([N+](=O)[O-])cc1. The third kappa shape index (κ3) is 3.24. The molecular weight excluding hydrogens is 390 g/mol. The fourth-order valence-electron chi connectivity index (χ4n) is 3.09. The molecular formula is C21H13N3O6. The summed E-state index contributed by atoms with van der Waals surface area (Å²) in [4.78, 5) is 48.9. The number of non-ortho nitro benzene ring substituents is 1. The summed E-state index contributed by atoms with van der Waals surface area (Å²) in [7, 11) is 0. The zero-order chi connectivity index (χ0) is 21.4. The number of carbonyl (C=O) groups is 3. The number of rotatable bonds is 4. The highest BCUT2D eigenvalue weighted by molar-refractivity contribution is 6.34. The minimum Gasteiger partial charge on any atom is -0.508 e. The lowest BCUT2D eigenvalue weighted by molar-refractivity contribution is -0.384. The average molecular weight is 403 g/mol. The topological polar surface area (TPSA) is 130 Å². The molecule has 0 saturated heterocycles. The molecule has 0 saturated carbocycles. The number of benzene rings is 3. The molecule has 3 aromatic carbocycles. The summed E-state index contributed by atoms with van der Waals surface area (Å²) in [6.07, 6.45) is 0. The van der Waals surface area contributed by atoms with Gasteiger partial charge in [-0.15, -0.1) is 0 Å². The van der Waals surface area contributed by atoms with Crippen molar-refractivity contribution in [3.63, 3.8) is 0 Å². The average Bonchev–Trinajstić information content (AvgIpc) is 2.98. The molecule has 2 N–H and O–H groups in total. The van der Waals surface area contributed by atoms with E-state index in [2.05, 4.69) is 5.32 Å². The van der Waals surface area contributed by atoms with E-state index >= 15 is 0 Å². The molecule has 148 valence electrons. The Morgan fingerprint density at radius 3 is 2.17 bits per heavy atom. The summed E-state index contributed by atoms with van der Waals surface area (Å²) in [5.74, 6) is -1.57. The van der Waals surface area contributed by atoms with E-state index in [9.17, 15) is 29.6 Å². The molecule has 0 fully saturated rings. The maximum absolute atomic E-state index is 12.8. The Balaban J connectivity index is 1.57. The van der Waals surface area contributed by atoms with Gasteiger partial charge < -0.3 is 10.4 Å². The number of anilines is 2. The number of imide groups is 1. The van der Waals surface area contributed by atoms with Crippen LogP contribution in [0.15, 0.2) is 66.7 Å². The normalized spacial score (nSPS) is 12.6. The predicted octanol–water partition coefficient (Wildman–Crippen LogP) is 3.35. The first-order chi connectivity index (χ1) is 14.3. The number of carbonyl (C=O) groups excluding carboxylic acids is 3. The Morgan fingerprint density at radius 2 is 1.53 bits per heavy atom. The van der Waals surface area contributed by atoms with Crippen LogP contribution in [0.25, 0.3) is 0 Å². The van der Waals surface area contributed by atoms with Gasteiger partial charge in [0.2, 0.25) is 0 Å². The summed E-state index contributed by atoms with van der Waals surface area (Å²) in [5, 5.41) is 22.7. The zero-order valence-electron chi connectivity index (χ0n) is 15.2. The van der Waals surface area contributed by atoms with Crippen molar-refractivity contribution < 1.29 is 24.4 Å². The summed E-state index contributed by atoms with van der Waals surface area (Å²) in [6, 6.07) is 15.1. The molecule has 0 unspecified atom stereocenters. The van der Waals surface area contributed by atoms with Gasteiger partial charge in [-0.3, -0.25) is 24.5 Å². The van der Waals surface area contributed by atoms with Crippen molar-refractivity contribution in [2.75, 3.05) is 10.2 Å². The predicted molar refractivity (Wildman–Crippen MR) is 107 cm³/mol. The lowest BCUT2D eigenvalue weighted by Gasteiger charge is -2.13. The molecule has 30 heavy (non-hydrogen) atoms. The lowest BCUT2D eigenvalue weighted by atomic mass is 10.1. The number of phenols is 1. The van der Waals surface area contributed by atoms with Crippen molar-refractivity contribution in [1.29, 1.82) is 0 Å². The number of nitro groups is 1. The lowest BCUT2D eigenvalue weighted by Crippen LogP contribution is -2.29. The summed E-state index contributed by atoms with van der Waals surface area (Å²) in [6.45, 7) is 0. The van der Waals surface area contributed by atoms with Crippen LogP contribution >= 0.6 is 0 Å². The van der Waals surface area contributed by atoms with E-state index in [1.54, 1.807) is 0 Å². The van der Waals surface area contributed by atoms with Gasteiger partial charge in [-0.2, -0.15) is 0 Å². The van der Waals surface area contributed by atoms with Crippen LogP contribution in [-0.4, -0.2) is 27.8 Å². The fourth-order valence-corrected chi connectivity index (χ4v) is 3.09. The van der Waals surface area contributed by atoms with Gasteiger partial charge in [-0.1, -0.05) is 0 Å². The maximum Gasteiger partial charge on any atom is 0.269 e. The molecule has 1 heterocycles. The molecule has 0 radical (unpaired) electrons. The molecule has 3 aromatic rings. The molecule has 0 aliphatic carbocycles. The monoisotopic (exact) mass is 403 g/mol. The molecule has 0 aromatic heterocycles. The summed E-state index contributed by atoms with van der Waals surface area (Å²) < 4.78 is 0. The quantitative estimate of drug-likeness (QED) is 0.390. The summed E-state index contributed by atoms with van der Waals surface area (Å²) >= 11 is 0. The third-order valence-corrected chi connectivity index (χ3v) is 4.59. The highest BCUT2D eigenvalue weighted by atomic mass is 16.6. The van der Waals surface area contributed by atoms with E-state index in [0.717, 1.165) is 4.90 Å². The molecule has 0 atom stereocenters. The van der Waals surface area contributed by atoms with Crippen LogP contribution < -0.4 is 10.2 Å². The number of nitrogens with zero attached hydrogens (tertiary/aromatic N) is 2. The largest absolute Gasteiger partial charge is 0.508 e. The van der Waals surface area contributed by atoms with Crippen molar-refractivity contribution in [2.24, 2.45) is 0 Å². The van der Waals surface area contributed by atoms with Gasteiger partial charge in [0, 0.05) is 23.4 Å². The van der Waals surface area contributed by atoms with Gasteiger partial charge in [0.05, 0.1) is 21.7 Å². The van der Waals surface area contributed by atoms with Crippen LogP contribution in [0.5, 0.6) is 5.75 Å². The standard InChI is InChI=1S/C21H13N3O6/c25-16-8-6-14(7-9-16)23-20(27)17-10-3-13(11-18(17)21(23)28)22-19(26)12-1-4-15(5-2-12)24(29)30/h1-11,25H,(H,22,26). The minimum atomic E-state index is -0.565. The number of fused-ring (bicyclic) bond motifs is 1. The van der Waals surface area contributed by atoms with Crippen LogP contribution in [0.2, 0.25) is 0 Å². The molecule has 0 spiro atoms. The molecule has 4 rings (SSSR count). The summed E-state index contributed by atoms with van der Waals surface area (Å²) in [5.41, 5.74) is 1.01. The smallest absolute Gasteiger partial charge is 0.269 e. The van der Waals surface area contributed by atoms with E-state index in [1.165, 1.54) is 66.7 Å². The Bertz CT molecular complexity index is 1200. The fraction of sp³-hybridized carbons (Fsp3) is 0. The van der Waals surface area contributed by atoms with Gasteiger partial charge in [-0.25, -0.2) is 4.90 Å².